The van der Waals surface area contributed by atoms with Crippen LogP contribution in [0.15, 0.2) is 24.5 Å². The first kappa shape index (κ1) is 7.43. The second-order valence-electron chi connectivity index (χ2n) is 2.42. The highest BCUT2D eigenvalue weighted by Crippen LogP contribution is 2.22. The lowest BCUT2D eigenvalue weighted by Crippen LogP contribution is -1.74. The van der Waals surface area contributed by atoms with Gasteiger partial charge >= 0.3 is 0 Å². The quantitative estimate of drug-likeness (QED) is 0.664. The highest BCUT2D eigenvalue weighted by Gasteiger charge is 2.00. The van der Waals surface area contributed by atoms with E-state index in [0.717, 1.165) is 15.4 Å². The molecule has 0 saturated carbocycles. The van der Waals surface area contributed by atoms with Crippen molar-refractivity contribution < 1.29 is 0 Å². The Kier molecular flexibility index (Phi) is 1.87. The molecule has 0 saturated heterocycles. The van der Waals surface area contributed by atoms with Crippen LogP contribution < -0.4 is 0 Å². The van der Waals surface area contributed by atoms with E-state index in [9.17, 15) is 0 Å². The van der Waals surface area contributed by atoms with Crippen LogP contribution in [0.2, 0.25) is 0 Å². The van der Waals surface area contributed by atoms with Gasteiger partial charge in [-0.1, -0.05) is 0 Å². The average molecular weight is 175 g/mol. The van der Waals surface area contributed by atoms with Gasteiger partial charge in [0.2, 0.25) is 0 Å². The topological polar surface area (TPSA) is 25.8 Å². The maximum atomic E-state index is 4.15. The van der Waals surface area contributed by atoms with Gasteiger partial charge in [0.05, 0.1) is 0 Å². The van der Waals surface area contributed by atoms with E-state index in [1.807, 2.05) is 19.1 Å². The summed E-state index contributed by atoms with van der Waals surface area (Å²) in [4.78, 5) is 9.21. The molecule has 0 spiro atoms. The number of rotatable bonds is 1. The molecule has 59 valence electrons. The standard InChI is InChI=1S/C9H7N2S/c1-7-6-11-9(12-7)8-2-4-10-5-3-8/h2-5H,1H3. The van der Waals surface area contributed by atoms with E-state index in [4.69, 9.17) is 0 Å². The Morgan fingerprint density at radius 2 is 2.08 bits per heavy atom. The molecule has 3 heteroatoms. The molecule has 0 bridgehead atoms. The number of nitrogens with zero attached hydrogens (tertiary/aromatic N) is 2. The summed E-state index contributed by atoms with van der Waals surface area (Å²) in [7, 11) is 0. The molecule has 0 aliphatic carbocycles. The Labute approximate surface area is 74.9 Å². The lowest BCUT2D eigenvalue weighted by Gasteiger charge is -1.91. The van der Waals surface area contributed by atoms with Gasteiger partial charge < -0.3 is 0 Å². The molecule has 2 aromatic rings. The maximum Gasteiger partial charge on any atom is 0.124 e. The van der Waals surface area contributed by atoms with Gasteiger partial charge in [-0.05, 0) is 19.1 Å². The van der Waals surface area contributed by atoms with Gasteiger partial charge in [0.1, 0.15) is 11.2 Å². The van der Waals surface area contributed by atoms with Crippen molar-refractivity contribution in [3.8, 4) is 10.6 Å². The van der Waals surface area contributed by atoms with Crippen LogP contribution in [0.1, 0.15) is 4.88 Å². The average Bonchev–Trinajstić information content (AvgIpc) is 2.54. The van der Waals surface area contributed by atoms with Crippen LogP contribution in [0.3, 0.4) is 0 Å². The number of hydrogen-bond donors (Lipinski definition) is 0. The Balaban J connectivity index is 2.45. The fraction of sp³-hybridized carbons (Fsp3) is 0.111. The molecule has 0 atom stereocenters. The third-order valence-electron chi connectivity index (χ3n) is 1.49. The number of aromatic nitrogens is 2. The smallest absolute Gasteiger partial charge is 0.124 e. The van der Waals surface area contributed by atoms with E-state index >= 15 is 0 Å². The summed E-state index contributed by atoms with van der Waals surface area (Å²) in [6.07, 6.45) is 6.46. The molecule has 0 fully saturated rings. The molecule has 2 heterocycles. The van der Waals surface area contributed by atoms with E-state index in [1.165, 1.54) is 0 Å². The molecule has 0 aliphatic rings. The molecule has 0 aliphatic heterocycles. The first-order valence-electron chi connectivity index (χ1n) is 3.62. The van der Waals surface area contributed by atoms with Gasteiger partial charge in [0.25, 0.3) is 0 Å². The highest BCUT2D eigenvalue weighted by atomic mass is 32.1. The van der Waals surface area contributed by atoms with Crippen LogP contribution in [0, 0.1) is 13.1 Å². The zero-order valence-electron chi connectivity index (χ0n) is 6.61. The van der Waals surface area contributed by atoms with Crippen molar-refractivity contribution in [1.82, 2.24) is 9.97 Å². The number of thiazole rings is 1. The van der Waals surface area contributed by atoms with Crippen LogP contribution in [-0.2, 0) is 0 Å². The molecule has 0 amide bonds. The first-order valence-corrected chi connectivity index (χ1v) is 4.43. The summed E-state index contributed by atoms with van der Waals surface area (Å²) in [5.41, 5.74) is 1.11. The largest absolute Gasteiger partial charge is 0.265 e. The number of pyridine rings is 1. The van der Waals surface area contributed by atoms with Gasteiger partial charge in [0.15, 0.2) is 0 Å². The van der Waals surface area contributed by atoms with Crippen LogP contribution >= 0.6 is 11.3 Å². The predicted octanol–water partition coefficient (Wildman–Crippen LogP) is 2.31. The summed E-state index contributed by atoms with van der Waals surface area (Å²) in [5.74, 6) is 0. The van der Waals surface area contributed by atoms with Crippen LogP contribution in [0.25, 0.3) is 10.6 Å². The zero-order chi connectivity index (χ0) is 8.39. The summed E-state index contributed by atoms with van der Waals surface area (Å²) in [6, 6.07) is 3.90. The molecule has 2 rings (SSSR count). The Morgan fingerprint density at radius 3 is 2.67 bits per heavy atom. The first-order chi connectivity index (χ1) is 5.86. The molecule has 0 N–H and O–H groups in total. The third kappa shape index (κ3) is 1.36. The molecular formula is C9H7N2S. The summed E-state index contributed by atoms with van der Waals surface area (Å²) >= 11 is 1.65. The van der Waals surface area contributed by atoms with E-state index in [2.05, 4.69) is 16.2 Å². The summed E-state index contributed by atoms with van der Waals surface area (Å²) in [6.45, 7) is 2.00. The van der Waals surface area contributed by atoms with Crippen molar-refractivity contribution in [1.29, 1.82) is 0 Å². The monoisotopic (exact) mass is 175 g/mol. The minimum atomic E-state index is 1.01. The Hall–Kier alpha value is -1.22. The second-order valence-corrected chi connectivity index (χ2v) is 3.63. The van der Waals surface area contributed by atoms with Gasteiger partial charge in [-0.25, -0.2) is 4.98 Å². The lowest BCUT2D eigenvalue weighted by atomic mass is 10.3. The second kappa shape index (κ2) is 3.03. The van der Waals surface area contributed by atoms with Crippen molar-refractivity contribution in [2.75, 3.05) is 0 Å². The molecule has 12 heavy (non-hydrogen) atoms. The highest BCUT2D eigenvalue weighted by molar-refractivity contribution is 7.14. The van der Waals surface area contributed by atoms with Crippen LogP contribution in [0.4, 0.5) is 0 Å². The summed E-state index contributed by atoms with van der Waals surface area (Å²) in [5, 5.41) is 1.01. The minimum Gasteiger partial charge on any atom is -0.265 e. The molecular weight excluding hydrogens is 168 g/mol. The lowest BCUT2D eigenvalue weighted by molar-refractivity contribution is 1.31. The van der Waals surface area contributed by atoms with Crippen LogP contribution in [-0.4, -0.2) is 9.97 Å². The van der Waals surface area contributed by atoms with Gasteiger partial charge in [0, 0.05) is 22.8 Å². The zero-order valence-corrected chi connectivity index (χ0v) is 7.43. The molecule has 0 aromatic carbocycles. The van der Waals surface area contributed by atoms with E-state index < -0.39 is 0 Å². The molecule has 1 radical (unpaired) electrons. The SMILES string of the molecule is Cc1[c]nc(-c2ccncc2)s1. The molecule has 0 unspecified atom stereocenters. The fourth-order valence-corrected chi connectivity index (χ4v) is 1.66. The molecule has 2 aromatic heterocycles. The number of hydrogen-bond acceptors (Lipinski definition) is 3. The molecule has 2 nitrogen and oxygen atoms in total. The normalized spacial score (nSPS) is 10.1. The van der Waals surface area contributed by atoms with Crippen LogP contribution in [0.5, 0.6) is 0 Å². The summed E-state index contributed by atoms with van der Waals surface area (Å²) < 4.78 is 0. The van der Waals surface area contributed by atoms with E-state index in [-0.39, 0.29) is 0 Å². The van der Waals surface area contributed by atoms with Gasteiger partial charge in [-0.15, -0.1) is 11.3 Å². The van der Waals surface area contributed by atoms with E-state index in [1.54, 1.807) is 23.7 Å². The number of aryl methyl sites for hydroxylation is 1. The van der Waals surface area contributed by atoms with Crippen molar-refractivity contribution in [3.05, 3.63) is 35.6 Å². The third-order valence-corrected chi connectivity index (χ3v) is 2.41. The van der Waals surface area contributed by atoms with E-state index in [0.29, 0.717) is 0 Å². The fourth-order valence-electron chi connectivity index (χ4n) is 0.938. The Morgan fingerprint density at radius 1 is 1.33 bits per heavy atom. The van der Waals surface area contributed by atoms with Crippen molar-refractivity contribution in [2.45, 2.75) is 6.92 Å². The minimum absolute atomic E-state index is 1.01. The van der Waals surface area contributed by atoms with Gasteiger partial charge in [-0.3, -0.25) is 4.98 Å². The van der Waals surface area contributed by atoms with Gasteiger partial charge in [-0.2, -0.15) is 0 Å². The maximum absolute atomic E-state index is 4.15. The predicted molar refractivity (Wildman–Crippen MR) is 48.9 cm³/mol. The van der Waals surface area contributed by atoms with Crippen molar-refractivity contribution >= 4 is 11.3 Å². The van der Waals surface area contributed by atoms with Crippen molar-refractivity contribution in [3.63, 3.8) is 0 Å². The Bertz CT molecular complexity index is 367. The van der Waals surface area contributed by atoms with Crippen molar-refractivity contribution in [2.24, 2.45) is 0 Å².